The van der Waals surface area contributed by atoms with Crippen molar-refractivity contribution in [1.29, 1.82) is 0 Å². The number of nitrogens with zero attached hydrogens (tertiary/aromatic N) is 2. The summed E-state index contributed by atoms with van der Waals surface area (Å²) in [6, 6.07) is 59.1. The van der Waals surface area contributed by atoms with Gasteiger partial charge >= 0.3 is 0 Å². The summed E-state index contributed by atoms with van der Waals surface area (Å²) in [5.41, 5.74) is 26.2. The molecule has 2 heteroatoms. The van der Waals surface area contributed by atoms with Gasteiger partial charge in [-0.05, 0) is 203 Å². The molecule has 0 spiro atoms. The summed E-state index contributed by atoms with van der Waals surface area (Å²) < 4.78 is 0. The Balaban J connectivity index is 1.35. The molecule has 1 heterocycles. The Morgan fingerprint density at radius 1 is 0.373 bits per heavy atom. The number of rotatable bonds is 4. The van der Waals surface area contributed by atoms with Gasteiger partial charge in [0.15, 0.2) is 0 Å². The summed E-state index contributed by atoms with van der Waals surface area (Å²) in [5, 5.41) is 7.66. The summed E-state index contributed by atoms with van der Waals surface area (Å²) in [6.07, 6.45) is 0.739. The third kappa shape index (κ3) is 7.17. The first-order valence-corrected chi connectivity index (χ1v) is 24.0. The molecule has 1 aliphatic rings. The molecule has 1 aliphatic heterocycles. The van der Waals surface area contributed by atoms with E-state index in [1.54, 1.807) is 0 Å². The zero-order chi connectivity index (χ0) is 46.6. The normalized spacial score (nSPS) is 12.9. The molecule has 0 fully saturated rings. The van der Waals surface area contributed by atoms with Crippen molar-refractivity contribution >= 4 is 66.4 Å². The third-order valence-corrected chi connectivity index (χ3v) is 14.5. The first-order chi connectivity index (χ1) is 32.1. The Hall–Kier alpha value is -7.16. The molecular weight excluding hydrogens is 809 g/mol. The molecule has 0 amide bonds. The zero-order valence-electron chi connectivity index (χ0n) is 41.0. The Bertz CT molecular complexity index is 3330. The maximum Gasteiger partial charge on any atom is 0.0561 e. The third-order valence-electron chi connectivity index (χ3n) is 14.5. The van der Waals surface area contributed by atoms with Crippen LogP contribution in [0.15, 0.2) is 152 Å². The molecular formula is C65H60N2. The van der Waals surface area contributed by atoms with Crippen LogP contribution in [0.25, 0.3) is 54.6 Å². The van der Waals surface area contributed by atoms with E-state index in [0.717, 1.165) is 17.8 Å². The quantitative estimate of drug-likeness (QED) is 0.163. The predicted molar refractivity (Wildman–Crippen MR) is 290 cm³/mol. The van der Waals surface area contributed by atoms with Crippen LogP contribution in [0.3, 0.4) is 0 Å². The molecule has 0 N–H and O–H groups in total. The molecule has 0 saturated heterocycles. The van der Waals surface area contributed by atoms with Gasteiger partial charge in [-0.3, -0.25) is 0 Å². The van der Waals surface area contributed by atoms with E-state index >= 15 is 0 Å². The van der Waals surface area contributed by atoms with E-state index in [1.807, 2.05) is 0 Å². The summed E-state index contributed by atoms with van der Waals surface area (Å²) in [4.78, 5) is 5.22. The lowest BCUT2D eigenvalue weighted by molar-refractivity contribution is 0.591. The van der Waals surface area contributed by atoms with Gasteiger partial charge in [-0.15, -0.1) is 0 Å². The first-order valence-electron chi connectivity index (χ1n) is 24.0. The van der Waals surface area contributed by atoms with Gasteiger partial charge < -0.3 is 9.80 Å². The van der Waals surface area contributed by atoms with Crippen molar-refractivity contribution in [3.63, 3.8) is 0 Å². The fourth-order valence-corrected chi connectivity index (χ4v) is 11.6. The van der Waals surface area contributed by atoms with Gasteiger partial charge in [0, 0.05) is 34.0 Å². The second-order valence-corrected chi connectivity index (χ2v) is 20.8. The van der Waals surface area contributed by atoms with E-state index in [1.165, 1.54) is 139 Å². The highest BCUT2D eigenvalue weighted by Gasteiger charge is 2.30. The van der Waals surface area contributed by atoms with Gasteiger partial charge in [0.2, 0.25) is 0 Å². The number of hydrogen-bond donors (Lipinski definition) is 0. The Morgan fingerprint density at radius 3 is 1.16 bits per heavy atom. The lowest BCUT2D eigenvalue weighted by Gasteiger charge is -2.36. The summed E-state index contributed by atoms with van der Waals surface area (Å²) in [7, 11) is 0. The smallest absolute Gasteiger partial charge is 0.0561 e. The van der Waals surface area contributed by atoms with Crippen LogP contribution in [0, 0.1) is 55.4 Å². The second kappa shape index (κ2) is 15.7. The lowest BCUT2D eigenvalue weighted by atomic mass is 9.83. The van der Waals surface area contributed by atoms with Gasteiger partial charge in [-0.1, -0.05) is 130 Å². The van der Waals surface area contributed by atoms with Crippen molar-refractivity contribution in [3.8, 4) is 22.3 Å². The van der Waals surface area contributed by atoms with Crippen molar-refractivity contribution < 1.29 is 0 Å². The van der Waals surface area contributed by atoms with Crippen LogP contribution in [-0.4, -0.2) is 0 Å². The first kappa shape index (κ1) is 42.5. The van der Waals surface area contributed by atoms with E-state index in [2.05, 4.69) is 238 Å². The average molecular weight is 869 g/mol. The SMILES string of the molecule is Cc1cc(C)cc(N2c3cc(-c4c(C)cccc4C)ccc3Cc3ccc(-c4c(C)cccc4C)cc3N(c3cc(C)cc(C)c3)c3cc2c2ccc4cc(C(C)(C)C)cc5ccc3c2c45)c1. The minimum Gasteiger partial charge on any atom is -0.309 e. The van der Waals surface area contributed by atoms with Gasteiger partial charge in [0.25, 0.3) is 0 Å². The van der Waals surface area contributed by atoms with Crippen LogP contribution in [0.1, 0.15) is 82.0 Å². The lowest BCUT2D eigenvalue weighted by Crippen LogP contribution is -2.19. The van der Waals surface area contributed by atoms with Crippen LogP contribution in [-0.2, 0) is 11.8 Å². The van der Waals surface area contributed by atoms with E-state index in [-0.39, 0.29) is 5.41 Å². The average Bonchev–Trinajstić information content (AvgIpc) is 3.26. The number of benzene rings is 10. The molecule has 67 heavy (non-hydrogen) atoms. The van der Waals surface area contributed by atoms with Crippen molar-refractivity contribution in [2.45, 2.75) is 88.0 Å². The molecule has 10 aromatic carbocycles. The Labute approximate surface area is 397 Å². The summed E-state index contributed by atoms with van der Waals surface area (Å²) in [5.74, 6) is 0. The van der Waals surface area contributed by atoms with E-state index in [9.17, 15) is 0 Å². The molecule has 0 unspecified atom stereocenters. The number of hydrogen-bond acceptors (Lipinski definition) is 2. The maximum atomic E-state index is 2.61. The zero-order valence-corrected chi connectivity index (χ0v) is 41.0. The van der Waals surface area contributed by atoms with Gasteiger partial charge in [0.1, 0.15) is 0 Å². The molecule has 0 aromatic heterocycles. The predicted octanol–water partition coefficient (Wildman–Crippen LogP) is 18.5. The molecule has 0 saturated carbocycles. The minimum absolute atomic E-state index is 0.00515. The monoisotopic (exact) mass is 868 g/mol. The highest BCUT2D eigenvalue weighted by atomic mass is 15.2. The molecule has 330 valence electrons. The molecule has 2 nitrogen and oxygen atoms in total. The largest absolute Gasteiger partial charge is 0.309 e. The molecule has 0 atom stereocenters. The van der Waals surface area contributed by atoms with Crippen LogP contribution < -0.4 is 9.80 Å². The van der Waals surface area contributed by atoms with Gasteiger partial charge in [-0.25, -0.2) is 0 Å². The number of fused-ring (bicyclic) bond motifs is 6. The van der Waals surface area contributed by atoms with Gasteiger partial charge in [-0.2, -0.15) is 0 Å². The molecule has 0 aliphatic carbocycles. The van der Waals surface area contributed by atoms with Crippen molar-refractivity contribution in [1.82, 2.24) is 0 Å². The van der Waals surface area contributed by atoms with E-state index in [0.29, 0.717) is 0 Å². The van der Waals surface area contributed by atoms with Crippen LogP contribution in [0.5, 0.6) is 0 Å². The Kier molecular flexibility index (Phi) is 9.98. The fraction of sp³-hybridized carbons (Fsp3) is 0.200. The van der Waals surface area contributed by atoms with Crippen molar-refractivity contribution in [3.05, 3.63) is 213 Å². The fourth-order valence-electron chi connectivity index (χ4n) is 11.6. The standard InChI is InChI=1S/C65H60N2/c1-38-26-39(2)29-53(28-38)66-57-35-50(61-42(5)14-12-15-43(61)6)20-18-46(57)32-47-19-21-51(62-44(7)16-13-17-45(62)8)36-58(47)67(54-30-40(3)27-41(4)31-54)60-37-59(66)55-24-22-48-33-52(65(9,10)11)34-49-23-25-56(60)64(55)63(48)49/h12-31,33-37H,32H2,1-11H3. The van der Waals surface area contributed by atoms with Gasteiger partial charge in [0.05, 0.1) is 22.7 Å². The van der Waals surface area contributed by atoms with E-state index < -0.39 is 0 Å². The maximum absolute atomic E-state index is 2.61. The number of aryl methyl sites for hydroxylation is 8. The Morgan fingerprint density at radius 2 is 0.776 bits per heavy atom. The number of anilines is 6. The highest BCUT2D eigenvalue weighted by Crippen LogP contribution is 2.54. The van der Waals surface area contributed by atoms with Crippen LogP contribution in [0.4, 0.5) is 34.1 Å². The molecule has 0 radical (unpaired) electrons. The van der Waals surface area contributed by atoms with Crippen molar-refractivity contribution in [2.24, 2.45) is 0 Å². The summed E-state index contributed by atoms with van der Waals surface area (Å²) in [6.45, 7) is 24.9. The minimum atomic E-state index is 0.00515. The topological polar surface area (TPSA) is 6.48 Å². The van der Waals surface area contributed by atoms with E-state index in [4.69, 9.17) is 0 Å². The van der Waals surface area contributed by atoms with Crippen LogP contribution in [0.2, 0.25) is 0 Å². The molecule has 2 bridgehead atoms. The highest BCUT2D eigenvalue weighted by molar-refractivity contribution is 6.29. The second-order valence-electron chi connectivity index (χ2n) is 20.8. The molecule has 11 rings (SSSR count). The van der Waals surface area contributed by atoms with Crippen LogP contribution >= 0.6 is 0 Å². The molecule has 10 aromatic rings. The van der Waals surface area contributed by atoms with Crippen molar-refractivity contribution in [2.75, 3.05) is 9.80 Å². The summed E-state index contributed by atoms with van der Waals surface area (Å²) >= 11 is 0.